The molecule has 0 atom stereocenters. The largest absolute Gasteiger partial charge is 0.325 e. The highest BCUT2D eigenvalue weighted by Gasteiger charge is 2.10. The number of hydrogen-bond acceptors (Lipinski definition) is 3. The zero-order valence-electron chi connectivity index (χ0n) is 8.41. The summed E-state index contributed by atoms with van der Waals surface area (Å²) in [4.78, 5) is 11.2. The number of aromatic nitrogens is 2. The Hall–Kier alpha value is -1.20. The van der Waals surface area contributed by atoms with E-state index < -0.39 is 5.82 Å². The third-order valence-corrected chi connectivity index (χ3v) is 3.19. The molecule has 0 spiro atoms. The predicted molar refractivity (Wildman–Crippen MR) is 61.6 cm³/mol. The van der Waals surface area contributed by atoms with E-state index in [1.807, 2.05) is 0 Å². The van der Waals surface area contributed by atoms with Crippen LogP contribution in [0, 0.1) is 12.7 Å². The fourth-order valence-electron chi connectivity index (χ4n) is 1.34. The lowest BCUT2D eigenvalue weighted by Gasteiger charge is -2.04. The molecule has 0 unspecified atom stereocenters. The molecule has 0 aliphatic heterocycles. The lowest BCUT2D eigenvalue weighted by molar-refractivity contribution is 0.578. The summed E-state index contributed by atoms with van der Waals surface area (Å²) in [5.41, 5.74) is 0.288. The molecule has 0 N–H and O–H groups in total. The zero-order valence-corrected chi connectivity index (χ0v) is 9.98. The average Bonchev–Trinajstić information content (AvgIpc) is 2.51. The van der Waals surface area contributed by atoms with Gasteiger partial charge < -0.3 is 0 Å². The predicted octanol–water partition coefficient (Wildman–Crippen LogP) is 2.45. The van der Waals surface area contributed by atoms with E-state index in [1.54, 1.807) is 13.0 Å². The van der Waals surface area contributed by atoms with Gasteiger partial charge in [-0.25, -0.2) is 9.07 Å². The van der Waals surface area contributed by atoms with Crippen molar-refractivity contribution in [2.45, 2.75) is 13.5 Å². The van der Waals surface area contributed by atoms with E-state index in [0.29, 0.717) is 10.0 Å². The zero-order chi connectivity index (χ0) is 11.7. The van der Waals surface area contributed by atoms with Crippen LogP contribution in [0.1, 0.15) is 10.6 Å². The monoisotopic (exact) mass is 258 g/mol. The second-order valence-electron chi connectivity index (χ2n) is 3.24. The van der Waals surface area contributed by atoms with Crippen molar-refractivity contribution in [1.29, 1.82) is 0 Å². The number of nitrogens with zero attached hydrogens (tertiary/aromatic N) is 2. The smallest absolute Gasteiger partial charge is 0.255 e. The number of hydrogen-bond donors (Lipinski definition) is 0. The first-order chi connectivity index (χ1) is 7.58. The average molecular weight is 259 g/mol. The van der Waals surface area contributed by atoms with Gasteiger partial charge in [0.1, 0.15) is 10.8 Å². The molecule has 0 aliphatic rings. The number of aryl methyl sites for hydroxylation is 1. The van der Waals surface area contributed by atoms with E-state index in [1.165, 1.54) is 16.8 Å². The van der Waals surface area contributed by atoms with Crippen molar-refractivity contribution in [3.05, 3.63) is 49.3 Å². The molecule has 0 bridgehead atoms. The van der Waals surface area contributed by atoms with Crippen LogP contribution in [0.2, 0.25) is 5.02 Å². The van der Waals surface area contributed by atoms with Crippen LogP contribution in [-0.2, 0) is 6.54 Å². The Bertz CT molecular complexity index is 558. The second-order valence-corrected chi connectivity index (χ2v) is 4.80. The Morgan fingerprint density at radius 2 is 2.31 bits per heavy atom. The Kier molecular flexibility index (Phi) is 3.07. The van der Waals surface area contributed by atoms with E-state index in [-0.39, 0.29) is 17.0 Å². The van der Waals surface area contributed by atoms with Crippen molar-refractivity contribution >= 4 is 22.9 Å². The highest BCUT2D eigenvalue weighted by atomic mass is 35.5. The minimum absolute atomic E-state index is 0.0642. The van der Waals surface area contributed by atoms with Crippen molar-refractivity contribution in [3.8, 4) is 0 Å². The first-order valence-electron chi connectivity index (χ1n) is 4.55. The van der Waals surface area contributed by atoms with Gasteiger partial charge in [-0.1, -0.05) is 29.0 Å². The van der Waals surface area contributed by atoms with Crippen LogP contribution in [0.3, 0.4) is 0 Å². The standard InChI is InChI=1S/C10H8ClFN2OS/c1-6-13-14(10(15)16-6)5-7-8(11)3-2-4-9(7)12/h2-4H,5H2,1H3. The third kappa shape index (κ3) is 2.15. The molecule has 0 aliphatic carbocycles. The van der Waals surface area contributed by atoms with Gasteiger partial charge in [0, 0.05) is 10.6 Å². The Morgan fingerprint density at radius 1 is 1.56 bits per heavy atom. The molecule has 2 aromatic rings. The van der Waals surface area contributed by atoms with Crippen molar-refractivity contribution in [1.82, 2.24) is 9.78 Å². The maximum Gasteiger partial charge on any atom is 0.325 e. The first-order valence-corrected chi connectivity index (χ1v) is 5.75. The van der Waals surface area contributed by atoms with E-state index >= 15 is 0 Å². The lowest BCUT2D eigenvalue weighted by atomic mass is 10.2. The van der Waals surface area contributed by atoms with Crippen molar-refractivity contribution in [3.63, 3.8) is 0 Å². The van der Waals surface area contributed by atoms with Gasteiger partial charge in [0.15, 0.2) is 0 Å². The Morgan fingerprint density at radius 3 is 2.88 bits per heavy atom. The van der Waals surface area contributed by atoms with Crippen LogP contribution in [0.4, 0.5) is 4.39 Å². The SMILES string of the molecule is Cc1nn(Cc2c(F)cccc2Cl)c(=O)s1. The quantitative estimate of drug-likeness (QED) is 0.829. The van der Waals surface area contributed by atoms with Gasteiger partial charge in [0.2, 0.25) is 0 Å². The molecule has 0 saturated heterocycles. The van der Waals surface area contributed by atoms with Crippen LogP contribution < -0.4 is 4.87 Å². The van der Waals surface area contributed by atoms with Gasteiger partial charge >= 0.3 is 4.87 Å². The molecule has 1 aromatic heterocycles. The van der Waals surface area contributed by atoms with Crippen LogP contribution >= 0.6 is 22.9 Å². The summed E-state index contributed by atoms with van der Waals surface area (Å²) >= 11 is 6.89. The second kappa shape index (κ2) is 4.35. The normalized spacial score (nSPS) is 10.7. The maximum absolute atomic E-state index is 13.5. The number of halogens is 2. The van der Waals surface area contributed by atoms with Crippen molar-refractivity contribution < 1.29 is 4.39 Å². The molecular weight excluding hydrogens is 251 g/mol. The Balaban J connectivity index is 2.41. The van der Waals surface area contributed by atoms with E-state index in [2.05, 4.69) is 5.10 Å². The van der Waals surface area contributed by atoms with Crippen LogP contribution in [0.5, 0.6) is 0 Å². The summed E-state index contributed by atoms with van der Waals surface area (Å²) in [5, 5.41) is 4.94. The summed E-state index contributed by atoms with van der Waals surface area (Å²) in [5.74, 6) is -0.426. The summed E-state index contributed by atoms with van der Waals surface area (Å²) < 4.78 is 14.7. The summed E-state index contributed by atoms with van der Waals surface area (Å²) in [6, 6.07) is 4.42. The van der Waals surface area contributed by atoms with Gasteiger partial charge in [-0.05, 0) is 19.1 Å². The Labute approximate surface area is 100 Å². The molecule has 1 aromatic carbocycles. The fourth-order valence-corrected chi connectivity index (χ4v) is 2.17. The molecule has 6 heteroatoms. The number of benzene rings is 1. The summed E-state index contributed by atoms with van der Waals surface area (Å²) in [6.07, 6.45) is 0. The highest BCUT2D eigenvalue weighted by molar-refractivity contribution is 7.08. The molecule has 1 heterocycles. The fraction of sp³-hybridized carbons (Fsp3) is 0.200. The third-order valence-electron chi connectivity index (χ3n) is 2.08. The summed E-state index contributed by atoms with van der Waals surface area (Å²) in [7, 11) is 0. The topological polar surface area (TPSA) is 34.9 Å². The molecule has 0 radical (unpaired) electrons. The number of rotatable bonds is 2. The van der Waals surface area contributed by atoms with Gasteiger partial charge in [0.25, 0.3) is 0 Å². The molecule has 2 rings (SSSR count). The van der Waals surface area contributed by atoms with E-state index in [4.69, 9.17) is 11.6 Å². The molecule has 3 nitrogen and oxygen atoms in total. The van der Waals surface area contributed by atoms with Gasteiger partial charge in [-0.15, -0.1) is 0 Å². The molecule has 0 fully saturated rings. The van der Waals surface area contributed by atoms with E-state index in [0.717, 1.165) is 11.3 Å². The van der Waals surface area contributed by atoms with Crippen LogP contribution in [0.15, 0.2) is 23.0 Å². The first kappa shape index (κ1) is 11.3. The molecule has 84 valence electrons. The van der Waals surface area contributed by atoms with Crippen molar-refractivity contribution in [2.24, 2.45) is 0 Å². The van der Waals surface area contributed by atoms with Crippen LogP contribution in [-0.4, -0.2) is 9.78 Å². The van der Waals surface area contributed by atoms with Gasteiger partial charge in [0.05, 0.1) is 6.54 Å². The van der Waals surface area contributed by atoms with Crippen molar-refractivity contribution in [2.75, 3.05) is 0 Å². The molecule has 0 saturated carbocycles. The minimum Gasteiger partial charge on any atom is -0.255 e. The van der Waals surface area contributed by atoms with Gasteiger partial charge in [-0.3, -0.25) is 4.79 Å². The maximum atomic E-state index is 13.5. The molecular formula is C10H8ClFN2OS. The highest BCUT2D eigenvalue weighted by Crippen LogP contribution is 2.19. The lowest BCUT2D eigenvalue weighted by Crippen LogP contribution is -2.16. The van der Waals surface area contributed by atoms with Gasteiger partial charge in [-0.2, -0.15) is 5.10 Å². The minimum atomic E-state index is -0.426. The summed E-state index contributed by atoms with van der Waals surface area (Å²) in [6.45, 7) is 1.79. The molecule has 0 amide bonds. The van der Waals surface area contributed by atoms with Crippen LogP contribution in [0.25, 0.3) is 0 Å². The molecule has 16 heavy (non-hydrogen) atoms. The van der Waals surface area contributed by atoms with E-state index in [9.17, 15) is 9.18 Å².